The molecule has 0 amide bonds. The van der Waals surface area contributed by atoms with Gasteiger partial charge >= 0.3 is 0 Å². The molecule has 0 heteroatoms. The van der Waals surface area contributed by atoms with E-state index < -0.39 is 0 Å². The maximum Gasteiger partial charge on any atom is -0.0533 e. The molecule has 0 spiro atoms. The first-order valence-corrected chi connectivity index (χ1v) is 7.33. The van der Waals surface area contributed by atoms with Crippen LogP contribution in [0, 0.1) is 0 Å². The Balaban J connectivity index is -0.000000166. The molecule has 0 radical (unpaired) electrons. The average molecular weight is 216 g/mol. The normalized spacial score (nSPS) is 8.40. The molecule has 0 aromatic heterocycles. The minimum absolute atomic E-state index is 1.36. The van der Waals surface area contributed by atoms with Crippen LogP contribution in [0.5, 0.6) is 0 Å². The van der Waals surface area contributed by atoms with Gasteiger partial charge in [0.05, 0.1) is 0 Å². The van der Waals surface area contributed by atoms with E-state index in [4.69, 9.17) is 0 Å². The molecule has 0 rings (SSSR count). The van der Waals surface area contributed by atoms with Gasteiger partial charge in [0.15, 0.2) is 0 Å². The van der Waals surface area contributed by atoms with Crippen molar-refractivity contribution in [3.63, 3.8) is 0 Å². The van der Waals surface area contributed by atoms with E-state index in [0.717, 1.165) is 0 Å². The van der Waals surface area contributed by atoms with Crippen LogP contribution in [0.25, 0.3) is 0 Å². The largest absolute Gasteiger partial charge is 0.0683 e. The number of hydrogen-bond acceptors (Lipinski definition) is 0. The van der Waals surface area contributed by atoms with Crippen LogP contribution in [0.4, 0.5) is 0 Å². The Morgan fingerprint density at radius 3 is 0.800 bits per heavy atom. The number of unbranched alkanes of at least 4 members (excludes halogenated alkanes) is 7. The van der Waals surface area contributed by atoms with Crippen molar-refractivity contribution in [3.05, 3.63) is 0 Å². The second-order valence-electron chi connectivity index (χ2n) is 3.77. The third kappa shape index (κ3) is 41.1. The summed E-state index contributed by atoms with van der Waals surface area (Å²) < 4.78 is 0. The lowest BCUT2D eigenvalue weighted by Crippen LogP contribution is -1.70. The molecule has 0 nitrogen and oxygen atoms in total. The van der Waals surface area contributed by atoms with Gasteiger partial charge in [0.2, 0.25) is 0 Å². The SMILES string of the molecule is CC.CCCCCC.CCCCCCC. The standard InChI is InChI=1S/C7H16.C6H14.C2H6/c1-3-5-7-6-4-2;1-3-5-6-4-2;1-2/h3-7H2,1-2H3;3-6H2,1-2H3;1-2H3. The monoisotopic (exact) mass is 216 g/mol. The van der Waals surface area contributed by atoms with Crippen LogP contribution < -0.4 is 0 Å². The summed E-state index contributed by atoms with van der Waals surface area (Å²) in [6.07, 6.45) is 12.5. The lowest BCUT2D eigenvalue weighted by atomic mass is 10.2. The Hall–Kier alpha value is 0. The van der Waals surface area contributed by atoms with E-state index in [1.165, 1.54) is 57.8 Å². The number of hydrogen-bond donors (Lipinski definition) is 0. The van der Waals surface area contributed by atoms with Gasteiger partial charge in [-0.25, -0.2) is 0 Å². The molecule has 0 aromatic carbocycles. The first-order valence-electron chi connectivity index (χ1n) is 7.33. The smallest absolute Gasteiger partial charge is 0.0533 e. The molecule has 0 N–H and O–H groups in total. The Morgan fingerprint density at radius 1 is 0.400 bits per heavy atom. The van der Waals surface area contributed by atoms with E-state index in [9.17, 15) is 0 Å². The summed E-state index contributed by atoms with van der Waals surface area (Å²) in [5.41, 5.74) is 0. The molecule has 0 fully saturated rings. The molecule has 0 bridgehead atoms. The first kappa shape index (κ1) is 20.4. The highest BCUT2D eigenvalue weighted by Gasteiger charge is 1.80. The summed E-state index contributed by atoms with van der Waals surface area (Å²) in [7, 11) is 0. The fraction of sp³-hybridized carbons (Fsp3) is 1.00. The molecule has 0 aliphatic carbocycles. The molecule has 0 unspecified atom stereocenters. The van der Waals surface area contributed by atoms with Gasteiger partial charge in [-0.05, 0) is 0 Å². The minimum atomic E-state index is 1.36. The highest BCUT2D eigenvalue weighted by atomic mass is 13.9. The summed E-state index contributed by atoms with van der Waals surface area (Å²) in [5, 5.41) is 0. The zero-order valence-electron chi connectivity index (χ0n) is 12.4. The molecular formula is C15H36. The summed E-state index contributed by atoms with van der Waals surface area (Å²) in [4.78, 5) is 0. The first-order chi connectivity index (χ1) is 7.33. The van der Waals surface area contributed by atoms with Crippen LogP contribution >= 0.6 is 0 Å². The van der Waals surface area contributed by atoms with E-state index in [1.54, 1.807) is 0 Å². The molecule has 0 aliphatic rings. The van der Waals surface area contributed by atoms with E-state index in [0.29, 0.717) is 0 Å². The fourth-order valence-electron chi connectivity index (χ4n) is 1.18. The number of rotatable bonds is 7. The van der Waals surface area contributed by atoms with Crippen molar-refractivity contribution >= 4 is 0 Å². The molecule has 0 aromatic rings. The molecule has 0 saturated carbocycles. The van der Waals surface area contributed by atoms with Crippen molar-refractivity contribution in [1.29, 1.82) is 0 Å². The lowest BCUT2D eigenvalue weighted by molar-refractivity contribution is 0.656. The van der Waals surface area contributed by atoms with Crippen LogP contribution in [0.3, 0.4) is 0 Å². The zero-order chi connectivity index (χ0) is 12.4. The van der Waals surface area contributed by atoms with Crippen LogP contribution in [-0.4, -0.2) is 0 Å². The van der Waals surface area contributed by atoms with Crippen molar-refractivity contribution in [3.8, 4) is 0 Å². The van der Waals surface area contributed by atoms with E-state index in [-0.39, 0.29) is 0 Å². The van der Waals surface area contributed by atoms with Gasteiger partial charge in [0.25, 0.3) is 0 Å². The molecule has 15 heavy (non-hydrogen) atoms. The van der Waals surface area contributed by atoms with E-state index in [1.807, 2.05) is 13.8 Å². The van der Waals surface area contributed by atoms with Gasteiger partial charge in [0, 0.05) is 0 Å². The highest BCUT2D eigenvalue weighted by molar-refractivity contribution is 4.35. The van der Waals surface area contributed by atoms with Gasteiger partial charge in [-0.15, -0.1) is 0 Å². The summed E-state index contributed by atoms with van der Waals surface area (Å²) in [6.45, 7) is 13.0. The van der Waals surface area contributed by atoms with Crippen LogP contribution in [0.1, 0.15) is 99.3 Å². The van der Waals surface area contributed by atoms with E-state index >= 15 is 0 Å². The Morgan fingerprint density at radius 2 is 0.600 bits per heavy atom. The van der Waals surface area contributed by atoms with Gasteiger partial charge in [-0.3, -0.25) is 0 Å². The van der Waals surface area contributed by atoms with Crippen molar-refractivity contribution in [2.75, 3.05) is 0 Å². The van der Waals surface area contributed by atoms with Crippen molar-refractivity contribution < 1.29 is 0 Å². The summed E-state index contributed by atoms with van der Waals surface area (Å²) in [5.74, 6) is 0. The predicted molar refractivity (Wildman–Crippen MR) is 75.6 cm³/mol. The highest BCUT2D eigenvalue weighted by Crippen LogP contribution is 2.00. The Bertz CT molecular complexity index is 49.1. The third-order valence-electron chi connectivity index (χ3n) is 2.16. The minimum Gasteiger partial charge on any atom is -0.0683 e. The molecule has 0 aliphatic heterocycles. The quantitative estimate of drug-likeness (QED) is 0.421. The maximum atomic E-state index is 2.25. The molecular weight excluding hydrogens is 180 g/mol. The summed E-state index contributed by atoms with van der Waals surface area (Å²) >= 11 is 0. The Kier molecular flexibility index (Phi) is 39.8. The maximum absolute atomic E-state index is 2.25. The molecule has 0 atom stereocenters. The van der Waals surface area contributed by atoms with Crippen LogP contribution in [0.2, 0.25) is 0 Å². The van der Waals surface area contributed by atoms with Crippen molar-refractivity contribution in [1.82, 2.24) is 0 Å². The second-order valence-corrected chi connectivity index (χ2v) is 3.77. The topological polar surface area (TPSA) is 0 Å². The molecule has 96 valence electrons. The van der Waals surface area contributed by atoms with Gasteiger partial charge in [0.1, 0.15) is 0 Å². The average Bonchev–Trinajstić information content (AvgIpc) is 2.31. The lowest BCUT2D eigenvalue weighted by Gasteiger charge is -1.90. The van der Waals surface area contributed by atoms with Crippen molar-refractivity contribution in [2.45, 2.75) is 99.3 Å². The van der Waals surface area contributed by atoms with Crippen LogP contribution in [-0.2, 0) is 0 Å². The zero-order valence-corrected chi connectivity index (χ0v) is 12.4. The van der Waals surface area contributed by atoms with Crippen LogP contribution in [0.15, 0.2) is 0 Å². The van der Waals surface area contributed by atoms with Crippen molar-refractivity contribution in [2.24, 2.45) is 0 Å². The molecule has 0 saturated heterocycles. The van der Waals surface area contributed by atoms with Gasteiger partial charge < -0.3 is 0 Å². The van der Waals surface area contributed by atoms with Gasteiger partial charge in [-0.1, -0.05) is 99.3 Å². The third-order valence-corrected chi connectivity index (χ3v) is 2.16. The second kappa shape index (κ2) is 29.2. The fourth-order valence-corrected chi connectivity index (χ4v) is 1.18. The van der Waals surface area contributed by atoms with Gasteiger partial charge in [-0.2, -0.15) is 0 Å². The molecule has 0 heterocycles. The Labute approximate surface area is 99.9 Å². The van der Waals surface area contributed by atoms with E-state index in [2.05, 4.69) is 27.7 Å². The predicted octanol–water partition coefficient (Wildman–Crippen LogP) is 6.59. The summed E-state index contributed by atoms with van der Waals surface area (Å²) in [6, 6.07) is 0.